The minimum Gasteiger partial charge on any atom is -0.496 e. The van der Waals surface area contributed by atoms with Crippen LogP contribution in [0.1, 0.15) is 52.7 Å². The minimum absolute atomic E-state index is 0.0906. The van der Waals surface area contributed by atoms with Crippen molar-refractivity contribution in [2.24, 2.45) is 0 Å². The number of halogens is 2. The highest BCUT2D eigenvalue weighted by atomic mass is 35.5. The Labute approximate surface area is 238 Å². The molecule has 38 heavy (non-hydrogen) atoms. The van der Waals surface area contributed by atoms with Crippen molar-refractivity contribution in [3.63, 3.8) is 0 Å². The van der Waals surface area contributed by atoms with Crippen molar-refractivity contribution < 1.29 is 13.9 Å². The molecule has 0 aliphatic heterocycles. The van der Waals surface area contributed by atoms with Crippen LogP contribution in [0.15, 0.2) is 60.9 Å². The van der Waals surface area contributed by atoms with Crippen molar-refractivity contribution in [2.75, 3.05) is 18.7 Å². The van der Waals surface area contributed by atoms with E-state index < -0.39 is 5.82 Å². The van der Waals surface area contributed by atoms with Gasteiger partial charge >= 0.3 is 0 Å². The van der Waals surface area contributed by atoms with Crippen molar-refractivity contribution in [3.05, 3.63) is 82.9 Å². The summed E-state index contributed by atoms with van der Waals surface area (Å²) >= 11 is 9.75. The number of rotatable bonds is 6. The van der Waals surface area contributed by atoms with Gasteiger partial charge in [0.2, 0.25) is 0 Å². The molecule has 0 atom stereocenters. The van der Waals surface area contributed by atoms with Gasteiger partial charge in [-0.25, -0.2) is 14.4 Å². The van der Waals surface area contributed by atoms with Gasteiger partial charge in [0.15, 0.2) is 5.82 Å². The van der Waals surface area contributed by atoms with E-state index in [-0.39, 0.29) is 16.5 Å². The molecule has 0 spiro atoms. The number of fused-ring (bicyclic) bond motifs is 1. The molecule has 0 amide bonds. The molecule has 4 rings (SSSR count). The Balaban J connectivity index is 0.00000157. The predicted octanol–water partition coefficient (Wildman–Crippen LogP) is 9.69. The molecule has 0 bridgehead atoms. The van der Waals surface area contributed by atoms with E-state index in [1.807, 2.05) is 90.9 Å². The molecular formula is C30H41ClFN3O2S. The lowest BCUT2D eigenvalue weighted by atomic mass is 10.1. The highest BCUT2D eigenvalue weighted by Gasteiger charge is 2.15. The number of hydrogen-bond acceptors (Lipinski definition) is 6. The third kappa shape index (κ3) is 9.69. The second kappa shape index (κ2) is 20.0. The highest BCUT2D eigenvalue weighted by molar-refractivity contribution is 7.79. The van der Waals surface area contributed by atoms with Gasteiger partial charge in [0.05, 0.1) is 18.3 Å². The van der Waals surface area contributed by atoms with Crippen LogP contribution in [0.3, 0.4) is 0 Å². The maximum Gasteiger partial charge on any atom is 0.169 e. The average Bonchev–Trinajstić information content (AvgIpc) is 2.99. The Morgan fingerprint density at radius 3 is 2.13 bits per heavy atom. The predicted molar refractivity (Wildman–Crippen MR) is 165 cm³/mol. The van der Waals surface area contributed by atoms with Gasteiger partial charge in [-0.3, -0.25) is 0 Å². The summed E-state index contributed by atoms with van der Waals surface area (Å²) in [5.74, 6) is 0.857. The zero-order valence-electron chi connectivity index (χ0n) is 23.9. The Bertz CT molecular complexity index is 1210. The fourth-order valence-corrected chi connectivity index (χ4v) is 3.33. The molecule has 1 N–H and O–H groups in total. The maximum absolute atomic E-state index is 14.9. The number of nitrogens with one attached hydrogen (secondary N) is 1. The van der Waals surface area contributed by atoms with E-state index in [2.05, 4.69) is 27.9 Å². The van der Waals surface area contributed by atoms with Gasteiger partial charge < -0.3 is 14.8 Å². The number of anilines is 2. The molecule has 0 saturated carbocycles. The summed E-state index contributed by atoms with van der Waals surface area (Å²) in [5.41, 5.74) is 2.77. The van der Waals surface area contributed by atoms with E-state index in [4.69, 9.17) is 21.1 Å². The summed E-state index contributed by atoms with van der Waals surface area (Å²) in [6.45, 7) is 14.2. The number of hydrogen-bond donors (Lipinski definition) is 2. The Morgan fingerprint density at radius 2 is 1.53 bits per heavy atom. The van der Waals surface area contributed by atoms with Crippen LogP contribution in [0.5, 0.6) is 11.5 Å². The average molecular weight is 562 g/mol. The molecule has 1 aromatic heterocycles. The van der Waals surface area contributed by atoms with Gasteiger partial charge in [-0.2, -0.15) is 12.6 Å². The monoisotopic (exact) mass is 561 g/mol. The molecule has 5 nitrogen and oxygen atoms in total. The number of ether oxygens (including phenoxy) is 2. The molecule has 0 fully saturated rings. The van der Waals surface area contributed by atoms with Crippen LogP contribution < -0.4 is 14.8 Å². The normalized spacial score (nSPS) is 9.16. The van der Waals surface area contributed by atoms with Crippen LogP contribution in [0.25, 0.3) is 10.9 Å². The first-order chi connectivity index (χ1) is 18.6. The first kappa shape index (κ1) is 35.0. The molecule has 4 aromatic rings. The second-order valence-electron chi connectivity index (χ2n) is 6.70. The molecule has 0 saturated heterocycles. The zero-order valence-corrected chi connectivity index (χ0v) is 25.5. The Morgan fingerprint density at radius 1 is 0.895 bits per heavy atom. The largest absolute Gasteiger partial charge is 0.496 e. The van der Waals surface area contributed by atoms with Crippen molar-refractivity contribution in [1.82, 2.24) is 9.97 Å². The molecule has 0 aliphatic carbocycles. The summed E-state index contributed by atoms with van der Waals surface area (Å²) in [6.07, 6.45) is 3.11. The summed E-state index contributed by atoms with van der Waals surface area (Å²) < 4.78 is 26.0. The molecule has 8 heteroatoms. The van der Waals surface area contributed by atoms with E-state index in [0.717, 1.165) is 22.3 Å². The van der Waals surface area contributed by atoms with E-state index in [0.29, 0.717) is 17.9 Å². The van der Waals surface area contributed by atoms with E-state index in [9.17, 15) is 4.39 Å². The van der Waals surface area contributed by atoms with Crippen LogP contribution in [0, 0.1) is 12.7 Å². The van der Waals surface area contributed by atoms with Gasteiger partial charge in [-0.05, 0) is 42.5 Å². The lowest BCUT2D eigenvalue weighted by Crippen LogP contribution is -2.01. The van der Waals surface area contributed by atoms with Crippen LogP contribution in [-0.4, -0.2) is 23.3 Å². The van der Waals surface area contributed by atoms with Crippen molar-refractivity contribution >= 4 is 46.6 Å². The van der Waals surface area contributed by atoms with E-state index in [1.54, 1.807) is 25.5 Å². The summed E-state index contributed by atoms with van der Waals surface area (Å²) in [5, 5.41) is 3.67. The van der Waals surface area contributed by atoms with Gasteiger partial charge in [-0.1, -0.05) is 83.5 Å². The number of nitrogens with zero attached hydrogens (tertiary/aromatic N) is 2. The van der Waals surface area contributed by atoms with Gasteiger partial charge in [0.25, 0.3) is 0 Å². The molecule has 0 aliphatic rings. The minimum atomic E-state index is -0.612. The molecule has 0 unspecified atom stereocenters. The Kier molecular flexibility index (Phi) is 18.4. The number of aryl methyl sites for hydroxylation is 1. The van der Waals surface area contributed by atoms with Gasteiger partial charge in [0.1, 0.15) is 35.3 Å². The first-order valence-electron chi connectivity index (χ1n) is 12.7. The van der Waals surface area contributed by atoms with Crippen LogP contribution in [0.4, 0.5) is 15.9 Å². The molecule has 1 heterocycles. The third-order valence-electron chi connectivity index (χ3n) is 4.69. The Hall–Kier alpha value is -3.03. The quantitative estimate of drug-likeness (QED) is 0.229. The van der Waals surface area contributed by atoms with E-state index >= 15 is 0 Å². The fraction of sp³-hybridized carbons (Fsp3) is 0.333. The summed E-state index contributed by atoms with van der Waals surface area (Å²) in [7, 11) is 1.60. The lowest BCUT2D eigenvalue weighted by Gasteiger charge is -2.14. The number of benzene rings is 3. The van der Waals surface area contributed by atoms with Crippen molar-refractivity contribution in [1.29, 1.82) is 0 Å². The topological polar surface area (TPSA) is 56.3 Å². The van der Waals surface area contributed by atoms with Gasteiger partial charge in [-0.15, -0.1) is 0 Å². The van der Waals surface area contributed by atoms with Gasteiger partial charge in [0, 0.05) is 11.5 Å². The summed E-state index contributed by atoms with van der Waals surface area (Å²) in [6, 6.07) is 16.5. The summed E-state index contributed by atoms with van der Waals surface area (Å²) in [4.78, 5) is 8.53. The maximum atomic E-state index is 14.9. The lowest BCUT2D eigenvalue weighted by molar-refractivity contribution is 0.305. The third-order valence-corrected chi connectivity index (χ3v) is 5.04. The number of aromatic nitrogens is 2. The molecule has 0 radical (unpaired) electrons. The van der Waals surface area contributed by atoms with Crippen LogP contribution in [0.2, 0.25) is 5.02 Å². The number of methoxy groups -OCH3 is 1. The highest BCUT2D eigenvalue weighted by Crippen LogP contribution is 2.35. The van der Waals surface area contributed by atoms with Crippen molar-refractivity contribution in [2.45, 2.75) is 55.1 Å². The second-order valence-corrected chi connectivity index (χ2v) is 7.08. The van der Waals surface area contributed by atoms with E-state index in [1.165, 1.54) is 6.33 Å². The standard InChI is InChI=1S/C23H19ClFN3O2.3C2H6.CH4S/c1-14-10-16-18(11-20(14)29-2)26-13-27-23(16)28-17-8-9-19(21(24)22(17)25)30-12-15-6-4-3-5-7-15;4*1-2/h3-11,13H,12H2,1-2H3,(H,26,27,28);3*1-2H3;2H,1H3. The molecule has 208 valence electrons. The van der Waals surface area contributed by atoms with Crippen LogP contribution in [-0.2, 0) is 6.61 Å². The fourth-order valence-electron chi connectivity index (χ4n) is 3.11. The van der Waals surface area contributed by atoms with Crippen LogP contribution >= 0.6 is 24.2 Å². The molecule has 3 aromatic carbocycles. The zero-order chi connectivity index (χ0) is 29.1. The first-order valence-corrected chi connectivity index (χ1v) is 14.0. The smallest absolute Gasteiger partial charge is 0.169 e. The van der Waals surface area contributed by atoms with Crippen molar-refractivity contribution in [3.8, 4) is 11.5 Å². The SMILES string of the molecule is CC.CC.CC.COc1cc2ncnc(Nc3ccc(OCc4ccccc4)c(Cl)c3F)c2cc1C.CS. The number of thiol groups is 1. The molecular weight excluding hydrogens is 521 g/mol.